The summed E-state index contributed by atoms with van der Waals surface area (Å²) < 4.78 is 34.4. The molecule has 12 N–H and O–H groups in total. The van der Waals surface area contributed by atoms with Crippen molar-refractivity contribution in [1.82, 2.24) is 5.32 Å². The number of amides is 1. The molecule has 19 nitrogen and oxygen atoms in total. The Morgan fingerprint density at radius 2 is 0.711 bits per heavy atom. The van der Waals surface area contributed by atoms with Crippen LogP contribution in [0.25, 0.3) is 0 Å². The van der Waals surface area contributed by atoms with E-state index in [2.05, 4.69) is 79.9 Å². The Kier molecular flexibility index (Phi) is 53.5. The number of aliphatic hydroxyl groups is 11. The highest BCUT2D eigenvalue weighted by Crippen LogP contribution is 2.33. The van der Waals surface area contributed by atoms with E-state index in [1.807, 2.05) is 6.08 Å². The maximum atomic E-state index is 13.4. The zero-order chi connectivity index (χ0) is 70.4. The number of carbonyl (C=O) groups is 1. The highest BCUT2D eigenvalue weighted by atomic mass is 16.8. The van der Waals surface area contributed by atoms with Crippen molar-refractivity contribution in [3.8, 4) is 0 Å². The number of unbranched alkanes of at least 4 members (excludes halogenated alkanes) is 34. The van der Waals surface area contributed by atoms with Crippen molar-refractivity contribution < 1.29 is 89.4 Å². The number of hydrogen-bond acceptors (Lipinski definition) is 18. The molecule has 19 heteroatoms. The summed E-state index contributed by atoms with van der Waals surface area (Å²) >= 11 is 0. The van der Waals surface area contributed by atoms with Crippen LogP contribution in [-0.2, 0) is 33.2 Å². The van der Waals surface area contributed by atoms with Crippen molar-refractivity contribution in [1.29, 1.82) is 0 Å². The maximum absolute atomic E-state index is 13.4. The van der Waals surface area contributed by atoms with Crippen molar-refractivity contribution in [2.75, 3.05) is 26.4 Å². The predicted molar refractivity (Wildman–Crippen MR) is 383 cm³/mol. The fourth-order valence-corrected chi connectivity index (χ4v) is 12.8. The molecule has 3 fully saturated rings. The van der Waals surface area contributed by atoms with Crippen LogP contribution in [0, 0.1) is 0 Å². The molecule has 17 atom stereocenters. The standard InChI is InChI=1S/C78H139NO18/c1-3-5-7-9-11-13-15-17-19-21-23-24-25-26-27-28-29-30-31-32-33-34-35-36-38-39-41-43-45-47-49-51-53-55-62(83)61(79-66(84)56-54-52-50-48-46-44-42-40-37-22-20-18-16-14-12-10-8-6-4-2)60-92-76-72(90)69(87)74(64(58-81)94-76)97-78-73(91)70(88)75(65(59-82)95-78)96-77-71(89)68(86)67(85)63(57-80)93-77/h6,8,12,14,18,20,37,40,44,46,53,55,61-65,67-78,80-83,85-91H,3-5,7,9-11,13,15-17,19,21-36,38-39,41-43,45,47-52,54,56-60H2,1-2H3,(H,79,84)/b8-6-,14-12-,20-18-,40-37-,46-44-,55-53+. The summed E-state index contributed by atoms with van der Waals surface area (Å²) in [7, 11) is 0. The second-order valence-corrected chi connectivity index (χ2v) is 27.4. The molecule has 3 aliphatic heterocycles. The molecule has 3 aliphatic rings. The van der Waals surface area contributed by atoms with Crippen molar-refractivity contribution in [3.05, 3.63) is 72.9 Å². The minimum absolute atomic E-state index is 0.201. The molecule has 17 unspecified atom stereocenters. The molecule has 564 valence electrons. The molecular formula is C78H139NO18. The summed E-state index contributed by atoms with van der Waals surface area (Å²) in [6, 6.07) is -0.997. The highest BCUT2D eigenvalue weighted by molar-refractivity contribution is 5.76. The van der Waals surface area contributed by atoms with Crippen molar-refractivity contribution >= 4 is 5.91 Å². The first-order valence-electron chi connectivity index (χ1n) is 38.7. The summed E-state index contributed by atoms with van der Waals surface area (Å²) in [5.41, 5.74) is 0. The monoisotopic (exact) mass is 1380 g/mol. The lowest BCUT2D eigenvalue weighted by Gasteiger charge is -2.48. The van der Waals surface area contributed by atoms with Gasteiger partial charge in [0.1, 0.15) is 73.2 Å². The lowest BCUT2D eigenvalue weighted by atomic mass is 9.96. The molecule has 1 amide bonds. The summed E-state index contributed by atoms with van der Waals surface area (Å²) in [5.74, 6) is -0.306. The smallest absolute Gasteiger partial charge is 0.220 e. The predicted octanol–water partition coefficient (Wildman–Crippen LogP) is 12.1. The van der Waals surface area contributed by atoms with Gasteiger partial charge in [0, 0.05) is 6.42 Å². The molecule has 0 radical (unpaired) electrons. The Morgan fingerprint density at radius 1 is 0.381 bits per heavy atom. The molecule has 3 heterocycles. The van der Waals surface area contributed by atoms with E-state index in [1.165, 1.54) is 180 Å². The Labute approximate surface area is 585 Å². The second-order valence-electron chi connectivity index (χ2n) is 27.4. The number of allylic oxidation sites excluding steroid dienone is 11. The van der Waals surface area contributed by atoms with Gasteiger partial charge in [0.15, 0.2) is 18.9 Å². The molecule has 0 saturated carbocycles. The van der Waals surface area contributed by atoms with Crippen LogP contribution in [0.4, 0.5) is 0 Å². The van der Waals surface area contributed by atoms with E-state index in [4.69, 9.17) is 28.4 Å². The Balaban J connectivity index is 1.38. The third kappa shape index (κ3) is 39.5. The lowest BCUT2D eigenvalue weighted by molar-refractivity contribution is -0.379. The third-order valence-corrected chi connectivity index (χ3v) is 19.0. The van der Waals surface area contributed by atoms with Crippen LogP contribution in [0.1, 0.15) is 284 Å². The van der Waals surface area contributed by atoms with E-state index in [1.54, 1.807) is 6.08 Å². The van der Waals surface area contributed by atoms with Gasteiger partial charge in [0.05, 0.1) is 38.6 Å². The van der Waals surface area contributed by atoms with Crippen LogP contribution in [0.3, 0.4) is 0 Å². The van der Waals surface area contributed by atoms with Crippen LogP contribution >= 0.6 is 0 Å². The zero-order valence-corrected chi connectivity index (χ0v) is 60.0. The highest BCUT2D eigenvalue weighted by Gasteiger charge is 2.53. The second kappa shape index (κ2) is 58.7. The van der Waals surface area contributed by atoms with Crippen molar-refractivity contribution in [2.24, 2.45) is 0 Å². The number of rotatable bonds is 60. The third-order valence-electron chi connectivity index (χ3n) is 19.0. The molecule has 0 aromatic heterocycles. The first-order valence-corrected chi connectivity index (χ1v) is 38.7. The van der Waals surface area contributed by atoms with E-state index in [0.29, 0.717) is 6.42 Å². The van der Waals surface area contributed by atoms with Crippen LogP contribution in [0.15, 0.2) is 72.9 Å². The fourth-order valence-electron chi connectivity index (χ4n) is 12.8. The number of nitrogens with one attached hydrogen (secondary N) is 1. The molecular weight excluding hydrogens is 1240 g/mol. The zero-order valence-electron chi connectivity index (χ0n) is 60.0. The molecule has 3 saturated heterocycles. The van der Waals surface area contributed by atoms with Gasteiger partial charge in [0.2, 0.25) is 5.91 Å². The van der Waals surface area contributed by atoms with Crippen LogP contribution in [0.2, 0.25) is 0 Å². The van der Waals surface area contributed by atoms with Crippen LogP contribution < -0.4 is 5.32 Å². The number of carbonyl (C=O) groups excluding carboxylic acids is 1. The number of ether oxygens (including phenoxy) is 6. The lowest BCUT2D eigenvalue weighted by Crippen LogP contribution is -2.66. The first kappa shape index (κ1) is 88.4. The molecule has 0 aromatic rings. The topological polar surface area (TPSA) is 307 Å². The summed E-state index contributed by atoms with van der Waals surface area (Å²) in [6.07, 6.45) is 49.0. The molecule has 0 aliphatic carbocycles. The molecule has 3 rings (SSSR count). The minimum Gasteiger partial charge on any atom is -0.394 e. The first-order chi connectivity index (χ1) is 47.3. The van der Waals surface area contributed by atoms with Crippen LogP contribution in [0.5, 0.6) is 0 Å². The Morgan fingerprint density at radius 3 is 1.11 bits per heavy atom. The van der Waals surface area contributed by atoms with E-state index >= 15 is 0 Å². The van der Waals surface area contributed by atoms with Gasteiger partial charge in [-0.3, -0.25) is 4.79 Å². The van der Waals surface area contributed by atoms with Gasteiger partial charge in [-0.15, -0.1) is 0 Å². The largest absolute Gasteiger partial charge is 0.394 e. The van der Waals surface area contributed by atoms with Crippen molar-refractivity contribution in [3.63, 3.8) is 0 Å². The number of aliphatic hydroxyl groups excluding tert-OH is 11. The van der Waals surface area contributed by atoms with Gasteiger partial charge in [-0.25, -0.2) is 0 Å². The molecule has 97 heavy (non-hydrogen) atoms. The average Bonchev–Trinajstić information content (AvgIpc) is 0.795. The van der Waals surface area contributed by atoms with Crippen molar-refractivity contribution in [2.45, 2.75) is 388 Å². The van der Waals surface area contributed by atoms with E-state index in [-0.39, 0.29) is 18.9 Å². The maximum Gasteiger partial charge on any atom is 0.220 e. The Bertz CT molecular complexity index is 2040. The average molecular weight is 1380 g/mol. The summed E-state index contributed by atoms with van der Waals surface area (Å²) in [5, 5.41) is 121. The minimum atomic E-state index is -1.99. The van der Waals surface area contributed by atoms with E-state index in [9.17, 15) is 61.0 Å². The fraction of sp³-hybridized carbons (Fsp3) is 0.833. The van der Waals surface area contributed by atoms with Gasteiger partial charge >= 0.3 is 0 Å². The van der Waals surface area contributed by atoms with Gasteiger partial charge in [-0.05, 0) is 64.2 Å². The van der Waals surface area contributed by atoms with Gasteiger partial charge < -0.3 is 89.9 Å². The summed E-state index contributed by atoms with van der Waals surface area (Å²) in [4.78, 5) is 13.4. The SMILES string of the molecule is CC/C=C\C/C=C\C/C=C\C/C=C\C/C=C\CCCCCC(=O)NC(COC1OC(CO)C(OC2OC(CO)C(OC3OC(CO)C(O)C(O)C3O)C(O)C2O)C(O)C1O)C(O)/C=C/CCCCCCCCCCCCCCCCCCCCCCCCCCCCCCCCC. The van der Waals surface area contributed by atoms with Crippen LogP contribution in [-0.4, -0.2) is 193 Å². The summed E-state index contributed by atoms with van der Waals surface area (Å²) in [6.45, 7) is 1.62. The molecule has 0 aromatic carbocycles. The van der Waals surface area contributed by atoms with E-state index in [0.717, 1.165) is 77.0 Å². The van der Waals surface area contributed by atoms with Gasteiger partial charge in [0.25, 0.3) is 0 Å². The van der Waals surface area contributed by atoms with Gasteiger partial charge in [-0.1, -0.05) is 286 Å². The Hall–Kier alpha value is -2.77. The molecule has 0 spiro atoms. The van der Waals surface area contributed by atoms with E-state index < -0.39 is 124 Å². The van der Waals surface area contributed by atoms with Gasteiger partial charge in [-0.2, -0.15) is 0 Å². The quantitative estimate of drug-likeness (QED) is 0.0199. The number of hydrogen-bond donors (Lipinski definition) is 12. The normalized spacial score (nSPS) is 27.3. The molecule has 0 bridgehead atoms.